The molecule has 3 nitrogen and oxygen atoms in total. The highest BCUT2D eigenvalue weighted by Gasteiger charge is 2.26. The molecule has 0 spiro atoms. The highest BCUT2D eigenvalue weighted by atomic mass is 35.5. The van der Waals surface area contributed by atoms with Gasteiger partial charge >= 0.3 is 0 Å². The molecule has 0 saturated heterocycles. The molecule has 1 aromatic carbocycles. The summed E-state index contributed by atoms with van der Waals surface area (Å²) in [6.45, 7) is 1.65. The Morgan fingerprint density at radius 3 is 2.86 bits per heavy atom. The average Bonchev–Trinajstić information content (AvgIpc) is 2.15. The van der Waals surface area contributed by atoms with Crippen LogP contribution in [0.1, 0.15) is 6.92 Å². The minimum atomic E-state index is -0.543. The number of hydrogen-bond donors (Lipinski definition) is 1. The second-order valence-electron chi connectivity index (χ2n) is 2.99. The van der Waals surface area contributed by atoms with Gasteiger partial charge in [-0.3, -0.25) is 4.79 Å². The Balaban J connectivity index is 2.52. The standard InChI is InChI=1S/C9H7Cl2NO2/c1-4-9(13)12-6-3-2-5(10)7(11)8(6)14-4/h2-4H,1H3,(H,12,13). The van der Waals surface area contributed by atoms with Gasteiger partial charge in [0.1, 0.15) is 5.02 Å². The molecule has 0 fully saturated rings. The summed E-state index contributed by atoms with van der Waals surface area (Å²) in [5.41, 5.74) is 0.558. The lowest BCUT2D eigenvalue weighted by molar-refractivity contribution is -0.122. The number of halogens is 2. The van der Waals surface area contributed by atoms with Crippen molar-refractivity contribution in [2.24, 2.45) is 0 Å². The molecule has 1 aromatic rings. The molecule has 1 heterocycles. The molecule has 0 radical (unpaired) electrons. The topological polar surface area (TPSA) is 38.3 Å². The summed E-state index contributed by atoms with van der Waals surface area (Å²) in [7, 11) is 0. The zero-order valence-corrected chi connectivity index (χ0v) is 8.82. The Morgan fingerprint density at radius 2 is 2.14 bits per heavy atom. The summed E-state index contributed by atoms with van der Waals surface area (Å²) in [5.74, 6) is 0.252. The van der Waals surface area contributed by atoms with Gasteiger partial charge in [-0.25, -0.2) is 0 Å². The van der Waals surface area contributed by atoms with Crippen LogP contribution in [0.3, 0.4) is 0 Å². The molecule has 74 valence electrons. The minimum absolute atomic E-state index is 0.184. The highest BCUT2D eigenvalue weighted by Crippen LogP contribution is 2.40. The lowest BCUT2D eigenvalue weighted by atomic mass is 10.2. The van der Waals surface area contributed by atoms with E-state index in [1.54, 1.807) is 19.1 Å². The van der Waals surface area contributed by atoms with Crippen LogP contribution in [0.15, 0.2) is 12.1 Å². The van der Waals surface area contributed by atoms with Crippen LogP contribution in [0, 0.1) is 0 Å². The van der Waals surface area contributed by atoms with Gasteiger partial charge < -0.3 is 10.1 Å². The van der Waals surface area contributed by atoms with Gasteiger partial charge in [0.15, 0.2) is 11.9 Å². The monoisotopic (exact) mass is 231 g/mol. The van der Waals surface area contributed by atoms with Crippen molar-refractivity contribution >= 4 is 34.8 Å². The number of nitrogens with one attached hydrogen (secondary N) is 1. The molecule has 1 atom stereocenters. The van der Waals surface area contributed by atoms with Crippen LogP contribution in [0.5, 0.6) is 5.75 Å². The van der Waals surface area contributed by atoms with Crippen molar-refractivity contribution in [1.29, 1.82) is 0 Å². The zero-order valence-electron chi connectivity index (χ0n) is 7.30. The predicted molar refractivity (Wildman–Crippen MR) is 55.2 cm³/mol. The fraction of sp³-hybridized carbons (Fsp3) is 0.222. The van der Waals surface area contributed by atoms with Crippen LogP contribution in [0.25, 0.3) is 0 Å². The molecule has 1 N–H and O–H groups in total. The van der Waals surface area contributed by atoms with Gasteiger partial charge in [-0.2, -0.15) is 0 Å². The normalized spacial score (nSPS) is 19.6. The average molecular weight is 232 g/mol. The van der Waals surface area contributed by atoms with E-state index in [4.69, 9.17) is 27.9 Å². The Bertz CT molecular complexity index is 406. The number of benzene rings is 1. The number of anilines is 1. The van der Waals surface area contributed by atoms with Crippen molar-refractivity contribution in [2.75, 3.05) is 5.32 Å². The first-order chi connectivity index (χ1) is 6.59. The first kappa shape index (κ1) is 9.62. The summed E-state index contributed by atoms with van der Waals surface area (Å²) in [6.07, 6.45) is -0.543. The Kier molecular flexibility index (Phi) is 2.29. The molecule has 5 heteroatoms. The molecule has 14 heavy (non-hydrogen) atoms. The quantitative estimate of drug-likeness (QED) is 0.746. The predicted octanol–water partition coefficient (Wildman–Crippen LogP) is 2.71. The van der Waals surface area contributed by atoms with Gasteiger partial charge in [0.2, 0.25) is 0 Å². The van der Waals surface area contributed by atoms with Crippen LogP contribution in [0.2, 0.25) is 10.0 Å². The van der Waals surface area contributed by atoms with Crippen LogP contribution in [-0.4, -0.2) is 12.0 Å². The van der Waals surface area contributed by atoms with E-state index in [1.807, 2.05) is 0 Å². The van der Waals surface area contributed by atoms with E-state index in [-0.39, 0.29) is 5.91 Å². The van der Waals surface area contributed by atoms with Gasteiger partial charge in [-0.15, -0.1) is 0 Å². The minimum Gasteiger partial charge on any atom is -0.477 e. The molecule has 1 aliphatic rings. The maximum atomic E-state index is 11.2. The largest absolute Gasteiger partial charge is 0.477 e. The van der Waals surface area contributed by atoms with Crippen molar-refractivity contribution in [2.45, 2.75) is 13.0 Å². The third-order valence-electron chi connectivity index (χ3n) is 1.97. The molecule has 0 bridgehead atoms. The number of carbonyl (C=O) groups is 1. The second kappa shape index (κ2) is 3.33. The summed E-state index contributed by atoms with van der Waals surface area (Å²) >= 11 is 11.7. The molecule has 2 rings (SSSR count). The van der Waals surface area contributed by atoms with E-state index in [0.29, 0.717) is 21.5 Å². The van der Waals surface area contributed by atoms with Crippen LogP contribution < -0.4 is 10.1 Å². The van der Waals surface area contributed by atoms with E-state index in [9.17, 15) is 4.79 Å². The van der Waals surface area contributed by atoms with Gasteiger partial charge in [-0.1, -0.05) is 23.2 Å². The lowest BCUT2D eigenvalue weighted by Crippen LogP contribution is -2.34. The summed E-state index contributed by atoms with van der Waals surface area (Å²) in [6, 6.07) is 3.27. The van der Waals surface area contributed by atoms with Crippen molar-refractivity contribution in [1.82, 2.24) is 0 Å². The van der Waals surface area contributed by atoms with Crippen molar-refractivity contribution < 1.29 is 9.53 Å². The molecule has 1 aliphatic heterocycles. The molecular weight excluding hydrogens is 225 g/mol. The lowest BCUT2D eigenvalue weighted by Gasteiger charge is -2.24. The van der Waals surface area contributed by atoms with Crippen LogP contribution >= 0.6 is 23.2 Å². The van der Waals surface area contributed by atoms with E-state index >= 15 is 0 Å². The summed E-state index contributed by atoms with van der Waals surface area (Å²) in [5, 5.41) is 3.41. The second-order valence-corrected chi connectivity index (χ2v) is 3.77. The fourth-order valence-electron chi connectivity index (χ4n) is 1.21. The number of amides is 1. The number of hydrogen-bond acceptors (Lipinski definition) is 2. The number of carbonyl (C=O) groups excluding carboxylic acids is 1. The van der Waals surface area contributed by atoms with Crippen molar-refractivity contribution in [3.8, 4) is 5.75 Å². The maximum Gasteiger partial charge on any atom is 0.265 e. The highest BCUT2D eigenvalue weighted by molar-refractivity contribution is 6.43. The molecule has 1 amide bonds. The Hall–Kier alpha value is -0.930. The number of rotatable bonds is 0. The maximum absolute atomic E-state index is 11.2. The summed E-state index contributed by atoms with van der Waals surface area (Å²) in [4.78, 5) is 11.2. The number of fused-ring (bicyclic) bond motifs is 1. The summed E-state index contributed by atoms with van der Waals surface area (Å²) < 4.78 is 5.33. The first-order valence-electron chi connectivity index (χ1n) is 4.05. The molecule has 1 unspecified atom stereocenters. The van der Waals surface area contributed by atoms with E-state index in [0.717, 1.165) is 0 Å². The Labute approximate surface area is 91.0 Å². The van der Waals surface area contributed by atoms with Gasteiger partial charge in [0.05, 0.1) is 10.7 Å². The fourth-order valence-corrected chi connectivity index (χ4v) is 1.57. The van der Waals surface area contributed by atoms with Gasteiger partial charge in [-0.05, 0) is 19.1 Å². The van der Waals surface area contributed by atoms with Gasteiger partial charge in [0, 0.05) is 0 Å². The molecule has 0 aliphatic carbocycles. The smallest absolute Gasteiger partial charge is 0.265 e. The van der Waals surface area contributed by atoms with E-state index in [1.165, 1.54) is 0 Å². The number of ether oxygens (including phenoxy) is 1. The van der Waals surface area contributed by atoms with E-state index < -0.39 is 6.10 Å². The van der Waals surface area contributed by atoms with Crippen LogP contribution in [0.4, 0.5) is 5.69 Å². The molecular formula is C9H7Cl2NO2. The third kappa shape index (κ3) is 1.42. The Morgan fingerprint density at radius 1 is 1.43 bits per heavy atom. The molecule has 0 aromatic heterocycles. The van der Waals surface area contributed by atoms with Crippen molar-refractivity contribution in [3.63, 3.8) is 0 Å². The third-order valence-corrected chi connectivity index (χ3v) is 2.76. The van der Waals surface area contributed by atoms with Crippen molar-refractivity contribution in [3.05, 3.63) is 22.2 Å². The zero-order chi connectivity index (χ0) is 10.3. The van der Waals surface area contributed by atoms with Crippen LogP contribution in [-0.2, 0) is 4.79 Å². The van der Waals surface area contributed by atoms with E-state index in [2.05, 4.69) is 5.32 Å². The SMILES string of the molecule is CC1Oc2c(ccc(Cl)c2Cl)NC1=O. The van der Waals surface area contributed by atoms with Gasteiger partial charge in [0.25, 0.3) is 5.91 Å². The first-order valence-corrected chi connectivity index (χ1v) is 4.80. The molecule has 0 saturated carbocycles.